The Kier molecular flexibility index (Phi) is 1.57. The van der Waals surface area contributed by atoms with Crippen molar-refractivity contribution < 1.29 is 0 Å². The molecule has 0 aromatic heterocycles. The van der Waals surface area contributed by atoms with E-state index in [4.69, 9.17) is 5.41 Å². The zero-order chi connectivity index (χ0) is 5.28. The zero-order valence-electron chi connectivity index (χ0n) is 4.44. The molecule has 0 fully saturated rings. The van der Waals surface area contributed by atoms with Crippen molar-refractivity contribution >= 4 is 24.9 Å². The van der Waals surface area contributed by atoms with Gasteiger partial charge in [-0.2, -0.15) is 0 Å². The van der Waals surface area contributed by atoms with Crippen LogP contribution in [0, 0.1) is 5.41 Å². The Morgan fingerprint density at radius 3 is 2.71 bits per heavy atom. The average molecular weight is 197 g/mol. The quantitative estimate of drug-likeness (QED) is 0.603. The zero-order valence-corrected chi connectivity index (χ0v) is 7.73. The van der Waals surface area contributed by atoms with Crippen LogP contribution in [-0.2, 0) is 0 Å². The van der Waals surface area contributed by atoms with Gasteiger partial charge in [0, 0.05) is 0 Å². The van der Waals surface area contributed by atoms with Gasteiger partial charge in [0.2, 0.25) is 0 Å². The predicted octanol–water partition coefficient (Wildman–Crippen LogP) is 1.24. The van der Waals surface area contributed by atoms with E-state index in [0.29, 0.717) is 0 Å². The molecule has 0 spiro atoms. The Morgan fingerprint density at radius 2 is 2.57 bits per heavy atom. The fourth-order valence-corrected chi connectivity index (χ4v) is 4.29. The molecule has 0 aromatic carbocycles. The molecule has 0 unspecified atom stereocenters. The second-order valence-electron chi connectivity index (χ2n) is 1.99. The van der Waals surface area contributed by atoms with Gasteiger partial charge in [-0.15, -0.1) is 0 Å². The average Bonchev–Trinajstić information content (AvgIpc) is 1.91. The molecular formula is C5H8InN. The molecule has 1 N–H and O–H groups in total. The van der Waals surface area contributed by atoms with Gasteiger partial charge in [-0.05, 0) is 0 Å². The standard InChI is InChI=1S/C4H5N.CH3.In/c1-2-3-4-5;;/h2-3,5H,1H2;1H3;. The molecule has 1 rings (SSSR count). The van der Waals surface area contributed by atoms with Gasteiger partial charge < -0.3 is 0 Å². The maximum atomic E-state index is 7.26. The van der Waals surface area contributed by atoms with Crippen molar-refractivity contribution in [3.63, 3.8) is 0 Å². The molecule has 0 amide bonds. The molecule has 1 aliphatic rings. The van der Waals surface area contributed by atoms with Crippen LogP contribution >= 0.6 is 0 Å². The molecule has 7 heavy (non-hydrogen) atoms. The molecule has 0 aromatic rings. The Bertz CT molecular complexity index is 117. The van der Waals surface area contributed by atoms with Gasteiger partial charge in [-0.25, -0.2) is 0 Å². The van der Waals surface area contributed by atoms with Gasteiger partial charge in [0.1, 0.15) is 0 Å². The number of nitrogens with one attached hydrogen (secondary N) is 1. The van der Waals surface area contributed by atoms with E-state index in [0.717, 1.165) is 3.47 Å². The minimum absolute atomic E-state index is 0.988. The summed E-state index contributed by atoms with van der Waals surface area (Å²) in [6.45, 7) is 0. The molecule has 1 aliphatic heterocycles. The van der Waals surface area contributed by atoms with Crippen molar-refractivity contribution in [3.8, 4) is 0 Å². The molecule has 2 heteroatoms. The Balaban J connectivity index is 2.62. The van der Waals surface area contributed by atoms with Gasteiger partial charge >= 0.3 is 51.3 Å². The van der Waals surface area contributed by atoms with Crippen molar-refractivity contribution in [2.75, 3.05) is 0 Å². The summed E-state index contributed by atoms with van der Waals surface area (Å²) in [4.78, 5) is 0. The normalized spacial score (nSPS) is 19.0. The van der Waals surface area contributed by atoms with E-state index < -0.39 is 21.4 Å². The summed E-state index contributed by atoms with van der Waals surface area (Å²) < 4.78 is 4.55. The summed E-state index contributed by atoms with van der Waals surface area (Å²) in [7, 11) is 0. The minimum atomic E-state index is -1.26. The molecular weight excluding hydrogens is 189 g/mol. The van der Waals surface area contributed by atoms with Crippen molar-refractivity contribution in [3.05, 3.63) is 12.2 Å². The van der Waals surface area contributed by atoms with Crippen molar-refractivity contribution in [2.45, 2.75) is 8.86 Å². The fraction of sp³-hybridized carbons (Fsp3) is 0.400. The van der Waals surface area contributed by atoms with E-state index in [1.165, 1.54) is 4.18 Å². The van der Waals surface area contributed by atoms with Crippen LogP contribution in [0.3, 0.4) is 0 Å². The summed E-state index contributed by atoms with van der Waals surface area (Å²) in [5.41, 5.74) is 0. The number of allylic oxidation sites excluding steroid dienone is 2. The summed E-state index contributed by atoms with van der Waals surface area (Å²) in [5, 5.41) is 7.26. The molecule has 1 nitrogen and oxygen atoms in total. The molecule has 36 valence electrons. The fourth-order valence-electron chi connectivity index (χ4n) is 0.690. The second-order valence-corrected chi connectivity index (χ2v) is 10.3. The molecule has 0 aliphatic carbocycles. The van der Waals surface area contributed by atoms with Gasteiger partial charge in [-0.1, -0.05) is 0 Å². The molecule has 0 bridgehead atoms. The van der Waals surface area contributed by atoms with E-state index in [1.807, 2.05) is 6.08 Å². The van der Waals surface area contributed by atoms with Gasteiger partial charge in [-0.3, -0.25) is 0 Å². The summed E-state index contributed by atoms with van der Waals surface area (Å²) in [6, 6.07) is 0. The van der Waals surface area contributed by atoms with Crippen LogP contribution in [0.4, 0.5) is 0 Å². The van der Waals surface area contributed by atoms with E-state index >= 15 is 0 Å². The third-order valence-corrected chi connectivity index (χ3v) is 7.69. The van der Waals surface area contributed by atoms with Crippen LogP contribution in [0.1, 0.15) is 0 Å². The Labute approximate surface area is 51.5 Å². The molecule has 0 radical (unpaired) electrons. The maximum absolute atomic E-state index is 7.26. The molecule has 0 atom stereocenters. The first kappa shape index (κ1) is 5.42. The van der Waals surface area contributed by atoms with Crippen LogP contribution in [0.2, 0.25) is 8.86 Å². The summed E-state index contributed by atoms with van der Waals surface area (Å²) in [6.07, 6.45) is 4.11. The van der Waals surface area contributed by atoms with E-state index in [-0.39, 0.29) is 0 Å². The van der Waals surface area contributed by atoms with E-state index in [1.54, 1.807) is 0 Å². The first-order valence-corrected chi connectivity index (χ1v) is 9.83. The first-order chi connectivity index (χ1) is 3.30. The van der Waals surface area contributed by atoms with Crippen LogP contribution in [0.5, 0.6) is 0 Å². The van der Waals surface area contributed by atoms with Crippen LogP contribution in [0.25, 0.3) is 0 Å². The number of rotatable bonds is 0. The Hall–Kier alpha value is 0.280. The third kappa shape index (κ3) is 1.09. The van der Waals surface area contributed by atoms with E-state index in [9.17, 15) is 0 Å². The SMILES string of the molecule is [CH3][In]1[CH2]C=C[C]1=N. The van der Waals surface area contributed by atoms with Crippen molar-refractivity contribution in [1.82, 2.24) is 0 Å². The van der Waals surface area contributed by atoms with Gasteiger partial charge in [0.25, 0.3) is 0 Å². The third-order valence-electron chi connectivity index (χ3n) is 1.32. The molecule has 0 saturated carbocycles. The second kappa shape index (κ2) is 2.03. The van der Waals surface area contributed by atoms with Gasteiger partial charge in [0.15, 0.2) is 0 Å². The van der Waals surface area contributed by atoms with Crippen LogP contribution in [0.15, 0.2) is 12.2 Å². The van der Waals surface area contributed by atoms with Gasteiger partial charge in [0.05, 0.1) is 0 Å². The van der Waals surface area contributed by atoms with Crippen molar-refractivity contribution in [1.29, 1.82) is 5.41 Å². The Morgan fingerprint density at radius 1 is 1.86 bits per heavy atom. The number of hydrogen-bond donors (Lipinski definition) is 1. The monoisotopic (exact) mass is 197 g/mol. The molecule has 1 heterocycles. The van der Waals surface area contributed by atoms with Crippen molar-refractivity contribution in [2.24, 2.45) is 0 Å². The topological polar surface area (TPSA) is 23.9 Å². The predicted molar refractivity (Wildman–Crippen MR) is 33.3 cm³/mol. The van der Waals surface area contributed by atoms with E-state index in [2.05, 4.69) is 10.8 Å². The summed E-state index contributed by atoms with van der Waals surface area (Å²) >= 11 is -1.26. The first-order valence-electron chi connectivity index (χ1n) is 2.55. The number of hydrogen-bond acceptors (Lipinski definition) is 1. The van der Waals surface area contributed by atoms with Crippen LogP contribution in [-0.4, -0.2) is 24.9 Å². The summed E-state index contributed by atoms with van der Waals surface area (Å²) in [5.74, 6) is 0. The molecule has 0 saturated heterocycles. The van der Waals surface area contributed by atoms with Crippen LogP contribution < -0.4 is 0 Å².